The predicted octanol–water partition coefficient (Wildman–Crippen LogP) is 2.64. The molecule has 0 radical (unpaired) electrons. The maximum Gasteiger partial charge on any atom is 0.0249 e. The number of nitrogens with one attached hydrogen (secondary N) is 1. The Morgan fingerprint density at radius 3 is 2.41 bits per heavy atom. The summed E-state index contributed by atoms with van der Waals surface area (Å²) in [5, 5.41) is 3.88. The summed E-state index contributed by atoms with van der Waals surface area (Å²) < 4.78 is 0. The summed E-state index contributed by atoms with van der Waals surface area (Å²) in [6.07, 6.45) is 10.3. The largest absolute Gasteiger partial charge is 0.311 e. The Hall–Kier alpha value is -0.0800. The second-order valence-electron chi connectivity index (χ2n) is 6.41. The van der Waals surface area contributed by atoms with Gasteiger partial charge in [-0.1, -0.05) is 26.2 Å². The summed E-state index contributed by atoms with van der Waals surface area (Å²) in [5.74, 6) is 1.99. The van der Waals surface area contributed by atoms with Crippen molar-refractivity contribution in [3.8, 4) is 0 Å². The molecule has 2 atom stereocenters. The van der Waals surface area contributed by atoms with Crippen LogP contribution >= 0.6 is 0 Å². The molecule has 3 aliphatic rings. The second-order valence-corrected chi connectivity index (χ2v) is 6.41. The fraction of sp³-hybridized carbons (Fsp3) is 1.00. The Balaban J connectivity index is 1.57. The highest BCUT2D eigenvalue weighted by atomic mass is 15.2. The lowest BCUT2D eigenvalue weighted by atomic mass is 9.82. The first-order valence-electron chi connectivity index (χ1n) is 7.86. The maximum atomic E-state index is 3.88. The van der Waals surface area contributed by atoms with Gasteiger partial charge in [-0.15, -0.1) is 0 Å². The standard InChI is InChI=1S/C15H28N2/c1-2-17-11-14(12-6-4-3-5-7-12)16-10-15(17)13-8-9-13/h12-16H,2-11H2,1H3. The quantitative estimate of drug-likeness (QED) is 0.810. The van der Waals surface area contributed by atoms with Gasteiger partial charge in [0.05, 0.1) is 0 Å². The van der Waals surface area contributed by atoms with Gasteiger partial charge in [-0.25, -0.2) is 0 Å². The van der Waals surface area contributed by atoms with E-state index in [0.29, 0.717) is 0 Å². The summed E-state index contributed by atoms with van der Waals surface area (Å²) in [6, 6.07) is 1.66. The normalized spacial score (nSPS) is 37.2. The van der Waals surface area contributed by atoms with Crippen LogP contribution < -0.4 is 5.32 Å². The van der Waals surface area contributed by atoms with E-state index in [4.69, 9.17) is 0 Å². The third kappa shape index (κ3) is 2.68. The van der Waals surface area contributed by atoms with Crippen molar-refractivity contribution >= 4 is 0 Å². The average Bonchev–Trinajstić information content (AvgIpc) is 3.23. The third-order valence-corrected chi connectivity index (χ3v) is 5.28. The lowest BCUT2D eigenvalue weighted by Crippen LogP contribution is -2.59. The van der Waals surface area contributed by atoms with E-state index in [1.807, 2.05) is 0 Å². The van der Waals surface area contributed by atoms with Crippen LogP contribution in [0.2, 0.25) is 0 Å². The molecule has 98 valence electrons. The summed E-state index contributed by atoms with van der Waals surface area (Å²) in [4.78, 5) is 2.77. The van der Waals surface area contributed by atoms with Crippen molar-refractivity contribution in [1.29, 1.82) is 0 Å². The van der Waals surface area contributed by atoms with Crippen LogP contribution in [0.3, 0.4) is 0 Å². The number of likely N-dealkylation sites (N-methyl/N-ethyl adjacent to an activating group) is 1. The Morgan fingerprint density at radius 2 is 1.76 bits per heavy atom. The minimum Gasteiger partial charge on any atom is -0.311 e. The number of rotatable bonds is 3. The lowest BCUT2D eigenvalue weighted by Gasteiger charge is -2.44. The van der Waals surface area contributed by atoms with Gasteiger partial charge in [-0.2, -0.15) is 0 Å². The maximum absolute atomic E-state index is 3.88. The summed E-state index contributed by atoms with van der Waals surface area (Å²) in [6.45, 7) is 6.19. The van der Waals surface area contributed by atoms with E-state index in [1.54, 1.807) is 0 Å². The number of piperazine rings is 1. The van der Waals surface area contributed by atoms with Crippen molar-refractivity contribution in [2.45, 2.75) is 64.0 Å². The van der Waals surface area contributed by atoms with Crippen molar-refractivity contribution in [1.82, 2.24) is 10.2 Å². The second kappa shape index (κ2) is 5.27. The van der Waals surface area contributed by atoms with Crippen molar-refractivity contribution in [3.05, 3.63) is 0 Å². The molecule has 1 aliphatic heterocycles. The molecular weight excluding hydrogens is 208 g/mol. The molecule has 2 nitrogen and oxygen atoms in total. The molecule has 1 N–H and O–H groups in total. The molecule has 2 aliphatic carbocycles. The molecule has 17 heavy (non-hydrogen) atoms. The van der Waals surface area contributed by atoms with Crippen LogP contribution in [0.1, 0.15) is 51.9 Å². The van der Waals surface area contributed by atoms with Crippen LogP contribution in [-0.2, 0) is 0 Å². The van der Waals surface area contributed by atoms with E-state index >= 15 is 0 Å². The van der Waals surface area contributed by atoms with Gasteiger partial charge in [-0.05, 0) is 44.1 Å². The molecule has 0 aromatic heterocycles. The minimum absolute atomic E-state index is 0.797. The summed E-state index contributed by atoms with van der Waals surface area (Å²) in [7, 11) is 0. The van der Waals surface area contributed by atoms with Gasteiger partial charge < -0.3 is 5.32 Å². The molecule has 0 spiro atoms. The first-order valence-corrected chi connectivity index (χ1v) is 7.86. The Bertz CT molecular complexity index is 243. The monoisotopic (exact) mass is 236 g/mol. The fourth-order valence-corrected chi connectivity index (χ4v) is 4.02. The van der Waals surface area contributed by atoms with E-state index in [1.165, 1.54) is 64.6 Å². The van der Waals surface area contributed by atoms with Crippen molar-refractivity contribution in [3.63, 3.8) is 0 Å². The zero-order chi connectivity index (χ0) is 11.7. The van der Waals surface area contributed by atoms with Crippen LogP contribution in [0.25, 0.3) is 0 Å². The van der Waals surface area contributed by atoms with Crippen molar-refractivity contribution in [2.24, 2.45) is 11.8 Å². The molecule has 1 saturated heterocycles. The zero-order valence-electron chi connectivity index (χ0n) is 11.3. The van der Waals surface area contributed by atoms with Crippen LogP contribution in [0.15, 0.2) is 0 Å². The first kappa shape index (κ1) is 12.0. The van der Waals surface area contributed by atoms with Gasteiger partial charge in [0.15, 0.2) is 0 Å². The smallest absolute Gasteiger partial charge is 0.0249 e. The highest BCUT2D eigenvalue weighted by Gasteiger charge is 2.39. The van der Waals surface area contributed by atoms with Crippen molar-refractivity contribution in [2.75, 3.05) is 19.6 Å². The third-order valence-electron chi connectivity index (χ3n) is 5.28. The molecule has 2 unspecified atom stereocenters. The van der Waals surface area contributed by atoms with Crippen LogP contribution in [0, 0.1) is 11.8 Å². The van der Waals surface area contributed by atoms with E-state index in [2.05, 4.69) is 17.1 Å². The Morgan fingerprint density at radius 1 is 1.00 bits per heavy atom. The van der Waals surface area contributed by atoms with Crippen LogP contribution in [0.5, 0.6) is 0 Å². The molecule has 2 heteroatoms. The topological polar surface area (TPSA) is 15.3 Å². The molecule has 0 amide bonds. The van der Waals surface area contributed by atoms with Crippen molar-refractivity contribution < 1.29 is 0 Å². The predicted molar refractivity (Wildman–Crippen MR) is 72.1 cm³/mol. The highest BCUT2D eigenvalue weighted by Crippen LogP contribution is 2.37. The number of nitrogens with zero attached hydrogens (tertiary/aromatic N) is 1. The number of hydrogen-bond donors (Lipinski definition) is 1. The number of hydrogen-bond acceptors (Lipinski definition) is 2. The van der Waals surface area contributed by atoms with Gasteiger partial charge >= 0.3 is 0 Å². The van der Waals surface area contributed by atoms with Gasteiger partial charge in [0, 0.05) is 25.2 Å². The Labute approximate surface area is 106 Å². The molecular formula is C15H28N2. The molecule has 0 bridgehead atoms. The molecule has 2 saturated carbocycles. The zero-order valence-corrected chi connectivity index (χ0v) is 11.3. The van der Waals surface area contributed by atoms with E-state index < -0.39 is 0 Å². The first-order chi connectivity index (χ1) is 8.38. The van der Waals surface area contributed by atoms with Gasteiger partial charge in [0.2, 0.25) is 0 Å². The SMILES string of the molecule is CCN1CC(C2CCCCC2)NCC1C1CC1. The van der Waals surface area contributed by atoms with E-state index in [0.717, 1.165) is 23.9 Å². The highest BCUT2D eigenvalue weighted by molar-refractivity contribution is 4.96. The molecule has 1 heterocycles. The van der Waals surface area contributed by atoms with Gasteiger partial charge in [-0.3, -0.25) is 4.90 Å². The minimum atomic E-state index is 0.797. The average molecular weight is 236 g/mol. The van der Waals surface area contributed by atoms with E-state index in [9.17, 15) is 0 Å². The summed E-state index contributed by atoms with van der Waals surface area (Å²) >= 11 is 0. The summed E-state index contributed by atoms with van der Waals surface area (Å²) in [5.41, 5.74) is 0. The van der Waals surface area contributed by atoms with Gasteiger partial charge in [0.1, 0.15) is 0 Å². The van der Waals surface area contributed by atoms with Gasteiger partial charge in [0.25, 0.3) is 0 Å². The molecule has 3 rings (SSSR count). The molecule has 0 aromatic carbocycles. The van der Waals surface area contributed by atoms with E-state index in [-0.39, 0.29) is 0 Å². The molecule has 0 aromatic rings. The Kier molecular flexibility index (Phi) is 3.72. The lowest BCUT2D eigenvalue weighted by molar-refractivity contribution is 0.0896. The van der Waals surface area contributed by atoms with Crippen LogP contribution in [0.4, 0.5) is 0 Å². The molecule has 3 fully saturated rings. The fourth-order valence-electron chi connectivity index (χ4n) is 4.02. The van der Waals surface area contributed by atoms with Crippen LogP contribution in [-0.4, -0.2) is 36.6 Å².